The zero-order valence-electron chi connectivity index (χ0n) is 28.6. The molecule has 286 valence electrons. The minimum absolute atomic E-state index is 0.110. The Kier molecular flexibility index (Phi) is 12.1. The van der Waals surface area contributed by atoms with Gasteiger partial charge in [0.1, 0.15) is 38.2 Å². The van der Waals surface area contributed by atoms with Crippen LogP contribution in [0.2, 0.25) is 20.6 Å². The molecule has 1 saturated heterocycles. The molecular formula is C31H25Cl4N17O4. The molecule has 9 rings (SSSR count). The van der Waals surface area contributed by atoms with E-state index in [-0.39, 0.29) is 22.5 Å². The van der Waals surface area contributed by atoms with Gasteiger partial charge in [-0.25, -0.2) is 47.6 Å². The first-order chi connectivity index (χ1) is 26.9. The van der Waals surface area contributed by atoms with E-state index in [0.717, 1.165) is 25.7 Å². The Labute approximate surface area is 333 Å². The summed E-state index contributed by atoms with van der Waals surface area (Å²) >= 11 is 22.7. The molecule has 0 aromatic carbocycles. The molecule has 8 aromatic rings. The summed E-state index contributed by atoms with van der Waals surface area (Å²) in [5.41, 5.74) is 8.59. The van der Waals surface area contributed by atoms with E-state index in [2.05, 4.69) is 57.6 Å². The number of carbonyl (C=O) groups is 1. The number of hydrogen-bond acceptors (Lipinski definition) is 14. The highest BCUT2D eigenvalue weighted by atomic mass is 35.5. The maximum absolute atomic E-state index is 12.1. The topological polar surface area (TPSA) is 252 Å². The maximum Gasteiger partial charge on any atom is 0.333 e. The number of likely N-dealkylation sites (tertiary alicyclic amines) is 1. The zero-order chi connectivity index (χ0) is 39.9. The van der Waals surface area contributed by atoms with Crippen molar-refractivity contribution >= 4 is 104 Å². The Bertz CT molecular complexity index is 2670. The average Bonchev–Trinajstić information content (AvgIpc) is 4.02. The van der Waals surface area contributed by atoms with Gasteiger partial charge in [-0.3, -0.25) is 10.1 Å². The van der Waals surface area contributed by atoms with Crippen LogP contribution in [0.5, 0.6) is 0 Å². The van der Waals surface area contributed by atoms with Crippen LogP contribution in [0.25, 0.3) is 22.6 Å². The van der Waals surface area contributed by atoms with E-state index in [1.165, 1.54) is 33.6 Å². The van der Waals surface area contributed by atoms with Gasteiger partial charge in [-0.05, 0) is 36.6 Å². The van der Waals surface area contributed by atoms with Crippen LogP contribution < -0.4 is 11.1 Å². The number of amides is 2. The largest absolute Gasteiger partial charge is 0.394 e. The molecule has 1 aliphatic rings. The lowest BCUT2D eigenvalue weighted by Crippen LogP contribution is -2.32. The van der Waals surface area contributed by atoms with Gasteiger partial charge in [-0.1, -0.05) is 53.3 Å². The van der Waals surface area contributed by atoms with E-state index in [9.17, 15) is 19.7 Å². The van der Waals surface area contributed by atoms with Crippen LogP contribution in [0.4, 0.5) is 27.5 Å². The van der Waals surface area contributed by atoms with Crippen LogP contribution in [0.15, 0.2) is 78.8 Å². The van der Waals surface area contributed by atoms with Crippen molar-refractivity contribution in [1.82, 2.24) is 63.3 Å². The Balaban J connectivity index is 0.000000129. The number of anilines is 2. The van der Waals surface area contributed by atoms with Crippen molar-refractivity contribution in [3.63, 3.8) is 0 Å². The van der Waals surface area contributed by atoms with E-state index in [1.807, 2.05) is 0 Å². The number of nitrogens with zero attached hydrogens (tertiary/aromatic N) is 15. The van der Waals surface area contributed by atoms with Gasteiger partial charge in [0.05, 0.1) is 29.2 Å². The normalized spacial score (nSPS) is 13.3. The number of rotatable bonds is 3. The third kappa shape index (κ3) is 9.22. The van der Waals surface area contributed by atoms with Gasteiger partial charge in [-0.15, -0.1) is 0 Å². The third-order valence-electron chi connectivity index (χ3n) is 7.65. The molecule has 9 heterocycles. The van der Waals surface area contributed by atoms with Gasteiger partial charge in [0.15, 0.2) is 16.9 Å². The lowest BCUT2D eigenvalue weighted by molar-refractivity contribution is -0.383. The summed E-state index contributed by atoms with van der Waals surface area (Å²) in [5, 5.41) is 30.3. The van der Waals surface area contributed by atoms with Gasteiger partial charge < -0.3 is 16.0 Å². The van der Waals surface area contributed by atoms with Gasteiger partial charge in [0.2, 0.25) is 11.7 Å². The van der Waals surface area contributed by atoms with Crippen molar-refractivity contribution in [1.29, 1.82) is 0 Å². The Morgan fingerprint density at radius 1 is 0.804 bits per heavy atom. The molecular weight excluding hydrogens is 816 g/mol. The third-order valence-corrected chi connectivity index (χ3v) is 8.49. The first kappa shape index (κ1) is 39.2. The fourth-order valence-electron chi connectivity index (χ4n) is 5.04. The van der Waals surface area contributed by atoms with Crippen LogP contribution in [0.1, 0.15) is 13.3 Å². The number of fused-ring (bicyclic) bond motifs is 4. The van der Waals surface area contributed by atoms with Crippen molar-refractivity contribution < 1.29 is 14.5 Å². The number of isocyanates is 1. The van der Waals surface area contributed by atoms with Gasteiger partial charge >= 0.3 is 11.7 Å². The summed E-state index contributed by atoms with van der Waals surface area (Å²) in [4.78, 5) is 53.1. The van der Waals surface area contributed by atoms with Crippen molar-refractivity contribution in [3.8, 4) is 0 Å². The predicted octanol–water partition coefficient (Wildman–Crippen LogP) is 5.86. The predicted molar refractivity (Wildman–Crippen MR) is 205 cm³/mol. The van der Waals surface area contributed by atoms with Crippen LogP contribution in [0, 0.1) is 16.0 Å². The Morgan fingerprint density at radius 2 is 1.30 bits per heavy atom. The molecule has 56 heavy (non-hydrogen) atoms. The molecule has 0 aliphatic carbocycles. The molecule has 25 heteroatoms. The number of hydrogen-bond donors (Lipinski definition) is 2. The summed E-state index contributed by atoms with van der Waals surface area (Å²) in [6, 6.07) is 6.29. The molecule has 0 unspecified atom stereocenters. The molecule has 1 atom stereocenters. The lowest BCUT2D eigenvalue weighted by Gasteiger charge is -2.15. The quantitative estimate of drug-likeness (QED) is 0.0696. The molecule has 0 saturated carbocycles. The number of nitrogen functional groups attached to an aromatic ring is 1. The average molecular weight is 841 g/mol. The van der Waals surface area contributed by atoms with E-state index in [0.29, 0.717) is 55.4 Å². The molecule has 0 spiro atoms. The zero-order valence-corrected chi connectivity index (χ0v) is 31.6. The number of urea groups is 1. The molecule has 8 aromatic heterocycles. The Morgan fingerprint density at radius 3 is 1.89 bits per heavy atom. The maximum atomic E-state index is 12.1. The first-order valence-corrected chi connectivity index (χ1v) is 17.4. The minimum Gasteiger partial charge on any atom is -0.394 e. The Hall–Kier alpha value is -6.51. The van der Waals surface area contributed by atoms with Crippen LogP contribution in [-0.4, -0.2) is 93.4 Å². The second-order valence-electron chi connectivity index (χ2n) is 11.5. The van der Waals surface area contributed by atoms with Gasteiger partial charge in [-0.2, -0.15) is 25.4 Å². The highest BCUT2D eigenvalue weighted by molar-refractivity contribution is 6.30. The van der Waals surface area contributed by atoms with Gasteiger partial charge in [0.25, 0.3) is 0 Å². The second-order valence-corrected chi connectivity index (χ2v) is 13.1. The van der Waals surface area contributed by atoms with Crippen LogP contribution in [0.3, 0.4) is 0 Å². The molecule has 21 nitrogen and oxygen atoms in total. The number of aliphatic imine (C=N–C) groups is 1. The number of nitro groups is 1. The second kappa shape index (κ2) is 17.3. The summed E-state index contributed by atoms with van der Waals surface area (Å²) in [6.07, 6.45) is 14.7. The summed E-state index contributed by atoms with van der Waals surface area (Å²) in [6.45, 7) is 3.73. The monoisotopic (exact) mass is 839 g/mol. The van der Waals surface area contributed by atoms with Crippen molar-refractivity contribution in [2.45, 2.75) is 13.3 Å². The minimum atomic E-state index is -0.550. The fourth-order valence-corrected chi connectivity index (χ4v) is 5.59. The fraction of sp³-hybridized carbons (Fsp3) is 0.161. The lowest BCUT2D eigenvalue weighted by atomic mass is 10.2. The standard InChI is InChI=1S/C12H14ClN5O.C7H3ClN4O.C6H3ClN4O2.C6H5ClN4/c1-8-2-4-17(7-8)12(19)15-9-6-14-18-5-3-10(13)16-11(9)18;8-6-1-2-12-7(11-6)5(3-10-12)9-4-13;7-5-1-2-10-6(9-5)4(3-8-10)11(12)13;7-5-1-2-11-6(10-5)4(8)3-9-11/h3,5-6,8H,2,4,7H2,1H3,(H,15,19);2*1-3H;1-3H,8H2/t8-;;;/m0.../s1. The van der Waals surface area contributed by atoms with Gasteiger partial charge in [0, 0.05) is 37.9 Å². The van der Waals surface area contributed by atoms with E-state index >= 15 is 0 Å². The number of nitrogens with one attached hydrogen (secondary N) is 1. The summed E-state index contributed by atoms with van der Waals surface area (Å²) in [5.74, 6) is 0.558. The number of carbonyl (C=O) groups excluding carboxylic acids is 2. The molecule has 3 N–H and O–H groups in total. The summed E-state index contributed by atoms with van der Waals surface area (Å²) in [7, 11) is 0. The first-order valence-electron chi connectivity index (χ1n) is 15.9. The molecule has 0 bridgehead atoms. The number of halogens is 4. The van der Waals surface area contributed by atoms with E-state index in [1.54, 1.807) is 63.1 Å². The van der Waals surface area contributed by atoms with E-state index < -0.39 is 4.92 Å². The molecule has 1 aliphatic heterocycles. The summed E-state index contributed by atoms with van der Waals surface area (Å²) < 4.78 is 5.92. The van der Waals surface area contributed by atoms with Crippen LogP contribution >= 0.6 is 46.4 Å². The van der Waals surface area contributed by atoms with Crippen molar-refractivity contribution in [2.24, 2.45) is 10.9 Å². The molecule has 2 amide bonds. The van der Waals surface area contributed by atoms with Crippen molar-refractivity contribution in [3.05, 3.63) is 105 Å². The SMILES string of the molecule is C[C@H]1CCN(C(=O)Nc2cnn3ccc(Cl)nc23)C1.Nc1cnn2ccc(Cl)nc12.O=C=Nc1cnn2ccc(Cl)nc12.O=[N+]([O-])c1cnn2ccc(Cl)nc12. The van der Waals surface area contributed by atoms with E-state index in [4.69, 9.17) is 52.1 Å². The van der Waals surface area contributed by atoms with Crippen LogP contribution in [-0.2, 0) is 4.79 Å². The number of aromatic nitrogens is 12. The highest BCUT2D eigenvalue weighted by Gasteiger charge is 2.24. The van der Waals surface area contributed by atoms with Crippen molar-refractivity contribution in [2.75, 3.05) is 24.1 Å². The molecule has 0 radical (unpaired) electrons. The smallest absolute Gasteiger partial charge is 0.333 e. The highest BCUT2D eigenvalue weighted by Crippen LogP contribution is 2.21. The molecule has 1 fully saturated rings. The number of nitrogens with two attached hydrogens (primary N) is 1.